The minimum absolute atomic E-state index is 0.0499. The van der Waals surface area contributed by atoms with Crippen molar-refractivity contribution in [2.45, 2.75) is 45.9 Å². The van der Waals surface area contributed by atoms with E-state index in [4.69, 9.17) is 4.74 Å². The number of hydrogen-bond donors (Lipinski definition) is 2. The molecule has 0 aromatic heterocycles. The van der Waals surface area contributed by atoms with Crippen molar-refractivity contribution in [1.82, 2.24) is 5.32 Å². The van der Waals surface area contributed by atoms with Gasteiger partial charge in [0.15, 0.2) is 0 Å². The van der Waals surface area contributed by atoms with Crippen molar-refractivity contribution in [2.75, 3.05) is 12.4 Å². The van der Waals surface area contributed by atoms with Crippen molar-refractivity contribution < 1.29 is 9.53 Å². The average molecular weight is 264 g/mol. The van der Waals surface area contributed by atoms with Crippen LogP contribution in [0.1, 0.15) is 38.1 Å². The summed E-state index contributed by atoms with van der Waals surface area (Å²) in [5, 5.41) is 6.22. The van der Waals surface area contributed by atoms with E-state index in [0.717, 1.165) is 5.69 Å². The van der Waals surface area contributed by atoms with Crippen LogP contribution >= 0.6 is 0 Å². The minimum atomic E-state index is -0.0499. The first-order valence-corrected chi connectivity index (χ1v) is 6.64. The molecule has 1 rings (SSSR count). The van der Waals surface area contributed by atoms with Gasteiger partial charge in [0, 0.05) is 30.4 Å². The van der Waals surface area contributed by atoms with Crippen LogP contribution in [-0.4, -0.2) is 31.2 Å². The zero-order valence-electron chi connectivity index (χ0n) is 12.4. The molecular formula is C15H24N2O2. The number of ether oxygens (including phenoxy) is 1. The van der Waals surface area contributed by atoms with E-state index in [1.54, 1.807) is 7.11 Å². The Labute approximate surface area is 115 Å². The lowest BCUT2D eigenvalue weighted by Crippen LogP contribution is -2.31. The topological polar surface area (TPSA) is 50.4 Å². The Morgan fingerprint density at radius 2 is 1.89 bits per heavy atom. The van der Waals surface area contributed by atoms with E-state index in [2.05, 4.69) is 17.6 Å². The number of rotatable bonds is 6. The van der Waals surface area contributed by atoms with Crippen LogP contribution in [0.25, 0.3) is 0 Å². The molecule has 0 fully saturated rings. The zero-order valence-corrected chi connectivity index (χ0v) is 12.4. The average Bonchev–Trinajstić information content (AvgIpc) is 2.37. The quantitative estimate of drug-likeness (QED) is 0.830. The molecule has 0 aliphatic rings. The molecule has 2 atom stereocenters. The predicted molar refractivity (Wildman–Crippen MR) is 78.6 cm³/mol. The van der Waals surface area contributed by atoms with Crippen LogP contribution in [0.5, 0.6) is 0 Å². The van der Waals surface area contributed by atoms with Crippen LogP contribution in [0, 0.1) is 0 Å². The van der Waals surface area contributed by atoms with Gasteiger partial charge in [0.2, 0.25) is 0 Å². The summed E-state index contributed by atoms with van der Waals surface area (Å²) in [5.74, 6) is -0.0499. The number of carbonyl (C=O) groups excluding carboxylic acids is 1. The number of amides is 1. The summed E-state index contributed by atoms with van der Waals surface area (Å²) in [6, 6.07) is 7.81. The summed E-state index contributed by atoms with van der Waals surface area (Å²) >= 11 is 0. The van der Waals surface area contributed by atoms with Gasteiger partial charge >= 0.3 is 0 Å². The van der Waals surface area contributed by atoms with Crippen LogP contribution in [0.4, 0.5) is 5.69 Å². The van der Waals surface area contributed by atoms with Crippen LogP contribution in [0.15, 0.2) is 24.3 Å². The molecule has 0 aliphatic carbocycles. The molecule has 0 heterocycles. The molecule has 2 unspecified atom stereocenters. The molecule has 0 spiro atoms. The summed E-state index contributed by atoms with van der Waals surface area (Å²) in [5.41, 5.74) is 1.59. The van der Waals surface area contributed by atoms with Crippen molar-refractivity contribution in [2.24, 2.45) is 0 Å². The van der Waals surface area contributed by atoms with Crippen LogP contribution < -0.4 is 10.6 Å². The summed E-state index contributed by atoms with van der Waals surface area (Å²) in [4.78, 5) is 11.9. The second kappa shape index (κ2) is 7.14. The van der Waals surface area contributed by atoms with Crippen LogP contribution in [0.3, 0.4) is 0 Å². The second-order valence-electron chi connectivity index (χ2n) is 5.08. The Hall–Kier alpha value is -1.55. The van der Waals surface area contributed by atoms with Gasteiger partial charge in [-0.25, -0.2) is 0 Å². The molecule has 0 saturated heterocycles. The molecule has 2 N–H and O–H groups in total. The Balaban J connectivity index is 2.74. The van der Waals surface area contributed by atoms with E-state index < -0.39 is 0 Å². The van der Waals surface area contributed by atoms with Gasteiger partial charge in [-0.1, -0.05) is 6.07 Å². The van der Waals surface area contributed by atoms with Gasteiger partial charge in [0.25, 0.3) is 5.91 Å². The largest absolute Gasteiger partial charge is 0.380 e. The lowest BCUT2D eigenvalue weighted by Gasteiger charge is -2.21. The normalized spacial score (nSPS) is 14.0. The van der Waals surface area contributed by atoms with Gasteiger partial charge in [-0.2, -0.15) is 0 Å². The maximum atomic E-state index is 11.9. The van der Waals surface area contributed by atoms with Crippen molar-refractivity contribution in [3.05, 3.63) is 29.8 Å². The van der Waals surface area contributed by atoms with E-state index in [1.165, 1.54) is 0 Å². The number of hydrogen-bond acceptors (Lipinski definition) is 3. The Morgan fingerprint density at radius 3 is 2.47 bits per heavy atom. The van der Waals surface area contributed by atoms with Gasteiger partial charge in [-0.3, -0.25) is 4.79 Å². The van der Waals surface area contributed by atoms with Crippen molar-refractivity contribution in [1.29, 1.82) is 0 Å². The monoisotopic (exact) mass is 264 g/mol. The molecule has 1 aromatic carbocycles. The molecule has 0 saturated carbocycles. The molecular weight excluding hydrogens is 240 g/mol. The third kappa shape index (κ3) is 4.91. The van der Waals surface area contributed by atoms with E-state index >= 15 is 0 Å². The fraction of sp³-hybridized carbons (Fsp3) is 0.533. The molecule has 4 nitrogen and oxygen atoms in total. The highest BCUT2D eigenvalue weighted by molar-refractivity contribution is 5.95. The van der Waals surface area contributed by atoms with E-state index in [1.807, 2.05) is 45.0 Å². The standard InChI is InChI=1S/C15H24N2O2/c1-10(2)16-15(18)13-7-6-8-14(9-13)17-11(3)12(4)19-5/h6-12,17H,1-5H3,(H,16,18). The maximum absolute atomic E-state index is 11.9. The predicted octanol–water partition coefficient (Wildman–Crippen LogP) is 2.66. The molecule has 0 aliphatic heterocycles. The molecule has 4 heteroatoms. The van der Waals surface area contributed by atoms with Gasteiger partial charge in [0.05, 0.1) is 6.10 Å². The van der Waals surface area contributed by atoms with Crippen LogP contribution in [0.2, 0.25) is 0 Å². The van der Waals surface area contributed by atoms with Gasteiger partial charge in [-0.15, -0.1) is 0 Å². The van der Waals surface area contributed by atoms with E-state index in [0.29, 0.717) is 5.56 Å². The molecule has 1 aromatic rings. The molecule has 1 amide bonds. The summed E-state index contributed by atoms with van der Waals surface area (Å²) < 4.78 is 5.27. The number of nitrogens with one attached hydrogen (secondary N) is 2. The summed E-state index contributed by atoms with van der Waals surface area (Å²) in [7, 11) is 1.69. The third-order valence-electron chi connectivity index (χ3n) is 3.01. The molecule has 106 valence electrons. The first kappa shape index (κ1) is 15.5. The molecule has 19 heavy (non-hydrogen) atoms. The summed E-state index contributed by atoms with van der Waals surface area (Å²) in [6.45, 7) is 7.95. The van der Waals surface area contributed by atoms with Gasteiger partial charge < -0.3 is 15.4 Å². The smallest absolute Gasteiger partial charge is 0.251 e. The Morgan fingerprint density at radius 1 is 1.21 bits per heavy atom. The van der Waals surface area contributed by atoms with Crippen molar-refractivity contribution >= 4 is 11.6 Å². The second-order valence-corrected chi connectivity index (χ2v) is 5.08. The SMILES string of the molecule is COC(C)C(C)Nc1cccc(C(=O)NC(C)C)c1. The lowest BCUT2D eigenvalue weighted by molar-refractivity contribution is 0.0943. The summed E-state index contributed by atoms with van der Waals surface area (Å²) in [6.07, 6.45) is 0.105. The number of anilines is 1. The minimum Gasteiger partial charge on any atom is -0.380 e. The lowest BCUT2D eigenvalue weighted by atomic mass is 10.1. The van der Waals surface area contributed by atoms with Gasteiger partial charge in [-0.05, 0) is 45.9 Å². The van der Waals surface area contributed by atoms with E-state index in [9.17, 15) is 4.79 Å². The highest BCUT2D eigenvalue weighted by atomic mass is 16.5. The number of methoxy groups -OCH3 is 1. The van der Waals surface area contributed by atoms with Gasteiger partial charge in [0.1, 0.15) is 0 Å². The number of carbonyl (C=O) groups is 1. The fourth-order valence-electron chi connectivity index (χ4n) is 1.68. The maximum Gasteiger partial charge on any atom is 0.251 e. The molecule has 0 radical (unpaired) electrons. The van der Waals surface area contributed by atoms with Crippen molar-refractivity contribution in [3.8, 4) is 0 Å². The zero-order chi connectivity index (χ0) is 14.4. The first-order valence-electron chi connectivity index (χ1n) is 6.64. The third-order valence-corrected chi connectivity index (χ3v) is 3.01. The van der Waals surface area contributed by atoms with Crippen molar-refractivity contribution in [3.63, 3.8) is 0 Å². The highest BCUT2D eigenvalue weighted by Crippen LogP contribution is 2.13. The Bertz CT molecular complexity index is 418. The van der Waals surface area contributed by atoms with E-state index in [-0.39, 0.29) is 24.1 Å². The highest BCUT2D eigenvalue weighted by Gasteiger charge is 2.12. The first-order chi connectivity index (χ1) is 8.93. The Kier molecular flexibility index (Phi) is 5.83. The fourth-order valence-corrected chi connectivity index (χ4v) is 1.68. The molecule has 0 bridgehead atoms. The van der Waals surface area contributed by atoms with Crippen LogP contribution in [-0.2, 0) is 4.74 Å². The number of benzene rings is 1.